The smallest absolute Gasteiger partial charge is 0.254 e. The number of rotatable bonds is 4. The van der Waals surface area contributed by atoms with Gasteiger partial charge >= 0.3 is 0 Å². The van der Waals surface area contributed by atoms with Gasteiger partial charge in [-0.15, -0.1) is 0 Å². The van der Waals surface area contributed by atoms with Crippen LogP contribution in [0.25, 0.3) is 0 Å². The Morgan fingerprint density at radius 3 is 2.40 bits per heavy atom. The second kappa shape index (κ2) is 4.31. The monoisotopic (exact) mass is 230 g/mol. The topological polar surface area (TPSA) is 43.4 Å². The summed E-state index contributed by atoms with van der Waals surface area (Å²) < 4.78 is 24.0. The van der Waals surface area contributed by atoms with Gasteiger partial charge in [0.2, 0.25) is 0 Å². The van der Waals surface area contributed by atoms with Crippen LogP contribution in [0, 0.1) is 0 Å². The fraction of sp³-hybridized carbons (Fsp3) is 1.00. The fourth-order valence-electron chi connectivity index (χ4n) is 0.648. The van der Waals surface area contributed by atoms with Crippen LogP contribution in [0.15, 0.2) is 0 Å². The quantitative estimate of drug-likeness (QED) is 0.588. The normalized spacial score (nSPS) is 17.2. The number of hydrogen-bond donors (Lipinski definition) is 1. The first-order valence-corrected chi connectivity index (χ1v) is 4.89. The highest BCUT2D eigenvalue weighted by Gasteiger charge is 2.20. The number of alkyl halides is 1. The van der Waals surface area contributed by atoms with Gasteiger partial charge in [0, 0.05) is 0 Å². The van der Waals surface area contributed by atoms with Gasteiger partial charge in [0.1, 0.15) is 4.51 Å². The van der Waals surface area contributed by atoms with E-state index in [9.17, 15) is 8.42 Å². The first-order chi connectivity index (χ1) is 4.48. The van der Waals surface area contributed by atoms with Crippen LogP contribution in [0.4, 0.5) is 0 Å². The Hall–Kier alpha value is 0.390. The molecule has 3 nitrogen and oxygen atoms in total. The Balaban J connectivity index is 3.85. The van der Waals surface area contributed by atoms with Crippen LogP contribution in [-0.4, -0.2) is 12.9 Å². The maximum atomic E-state index is 10.1. The zero-order valence-electron chi connectivity index (χ0n) is 5.96. The Bertz CT molecular complexity index is 156. The molecule has 0 aliphatic rings. The minimum absolute atomic E-state index is 0.677. The Kier molecular flexibility index (Phi) is 4.47. The molecule has 0 saturated heterocycles. The maximum Gasteiger partial charge on any atom is 0.258 e. The van der Waals surface area contributed by atoms with Gasteiger partial charge < -0.3 is 0 Å². The predicted molar refractivity (Wildman–Crippen MR) is 43.6 cm³/mol. The standard InChI is InChI=1S/C5H11BrO3S/c1-3-4-5(2,6)9-10(7)8/h10H,3-4H2,1-2H3. The van der Waals surface area contributed by atoms with Crippen molar-refractivity contribution in [3.05, 3.63) is 0 Å². The molecule has 0 rings (SSSR count). The molecular formula is C5H11BrO3S. The zero-order valence-corrected chi connectivity index (χ0v) is 8.44. The van der Waals surface area contributed by atoms with Crippen LogP contribution in [0.5, 0.6) is 0 Å². The molecule has 0 aliphatic heterocycles. The summed E-state index contributed by atoms with van der Waals surface area (Å²) in [6.07, 6.45) is 1.56. The van der Waals surface area contributed by atoms with Crippen LogP contribution < -0.4 is 0 Å². The molecule has 0 aliphatic carbocycles. The van der Waals surface area contributed by atoms with Gasteiger partial charge in [-0.25, -0.2) is 8.42 Å². The lowest BCUT2D eigenvalue weighted by molar-refractivity contribution is 0.199. The summed E-state index contributed by atoms with van der Waals surface area (Å²) in [5.41, 5.74) is 0. The van der Waals surface area contributed by atoms with E-state index in [4.69, 9.17) is 0 Å². The van der Waals surface area contributed by atoms with Gasteiger partial charge in [-0.05, 0) is 13.3 Å². The lowest BCUT2D eigenvalue weighted by Gasteiger charge is -2.17. The van der Waals surface area contributed by atoms with Crippen molar-refractivity contribution in [3.8, 4) is 0 Å². The zero-order chi connectivity index (χ0) is 8.20. The highest BCUT2D eigenvalue weighted by molar-refractivity contribution is 9.10. The van der Waals surface area contributed by atoms with E-state index >= 15 is 0 Å². The summed E-state index contributed by atoms with van der Waals surface area (Å²) in [6, 6.07) is 0. The second-order valence-corrected chi connectivity index (χ2v) is 4.47. The van der Waals surface area contributed by atoms with Gasteiger partial charge in [0.15, 0.2) is 0 Å². The molecule has 5 heteroatoms. The summed E-state index contributed by atoms with van der Waals surface area (Å²) in [5.74, 6) is 0. The van der Waals surface area contributed by atoms with Crippen molar-refractivity contribution < 1.29 is 12.6 Å². The summed E-state index contributed by atoms with van der Waals surface area (Å²) >= 11 is 3.14. The summed E-state index contributed by atoms with van der Waals surface area (Å²) in [7, 11) is -2.75. The Morgan fingerprint density at radius 1 is 1.60 bits per heavy atom. The van der Waals surface area contributed by atoms with E-state index in [1.807, 2.05) is 6.92 Å². The molecule has 0 heterocycles. The van der Waals surface area contributed by atoms with E-state index < -0.39 is 15.5 Å². The lowest BCUT2D eigenvalue weighted by atomic mass is 10.2. The van der Waals surface area contributed by atoms with E-state index in [-0.39, 0.29) is 0 Å². The van der Waals surface area contributed by atoms with Crippen molar-refractivity contribution in [2.24, 2.45) is 0 Å². The minimum Gasteiger partial charge on any atom is -0.254 e. The maximum absolute atomic E-state index is 10.1. The fourth-order valence-corrected chi connectivity index (χ4v) is 1.80. The summed E-state index contributed by atoms with van der Waals surface area (Å²) in [5, 5.41) is 0. The predicted octanol–water partition coefficient (Wildman–Crippen LogP) is 1.44. The molecule has 0 radical (unpaired) electrons. The highest BCUT2D eigenvalue weighted by atomic mass is 79.9. The van der Waals surface area contributed by atoms with Crippen molar-refractivity contribution in [1.29, 1.82) is 0 Å². The van der Waals surface area contributed by atoms with E-state index in [1.165, 1.54) is 0 Å². The van der Waals surface area contributed by atoms with Gasteiger partial charge in [-0.1, -0.05) is 29.3 Å². The molecule has 0 spiro atoms. The average Bonchev–Trinajstić information content (AvgIpc) is 1.59. The molecule has 0 fully saturated rings. The van der Waals surface area contributed by atoms with Crippen molar-refractivity contribution in [2.45, 2.75) is 31.2 Å². The van der Waals surface area contributed by atoms with E-state index in [2.05, 4.69) is 20.1 Å². The van der Waals surface area contributed by atoms with Crippen LogP contribution >= 0.6 is 15.9 Å². The van der Waals surface area contributed by atoms with Crippen LogP contribution in [-0.2, 0) is 15.2 Å². The van der Waals surface area contributed by atoms with Crippen molar-refractivity contribution >= 4 is 26.9 Å². The summed E-state index contributed by atoms with van der Waals surface area (Å²) in [6.45, 7) is 3.64. The molecule has 62 valence electrons. The minimum atomic E-state index is -2.75. The molecule has 0 aromatic carbocycles. The van der Waals surface area contributed by atoms with Crippen molar-refractivity contribution in [1.82, 2.24) is 0 Å². The molecule has 0 amide bonds. The second-order valence-electron chi connectivity index (χ2n) is 2.17. The van der Waals surface area contributed by atoms with E-state index in [0.29, 0.717) is 6.42 Å². The molecule has 1 unspecified atom stereocenters. The molecule has 10 heavy (non-hydrogen) atoms. The van der Waals surface area contributed by atoms with Gasteiger partial charge in [-0.2, -0.15) is 0 Å². The van der Waals surface area contributed by atoms with Crippen molar-refractivity contribution in [3.63, 3.8) is 0 Å². The third kappa shape index (κ3) is 5.20. The van der Waals surface area contributed by atoms with Crippen molar-refractivity contribution in [2.75, 3.05) is 0 Å². The third-order valence-electron chi connectivity index (χ3n) is 0.961. The summed E-state index contributed by atoms with van der Waals surface area (Å²) in [4.78, 5) is 0. The highest BCUT2D eigenvalue weighted by Crippen LogP contribution is 2.24. The van der Waals surface area contributed by atoms with Crippen LogP contribution in [0.1, 0.15) is 26.7 Å². The van der Waals surface area contributed by atoms with Gasteiger partial charge in [0.05, 0.1) is 0 Å². The molecule has 0 N–H and O–H groups in total. The lowest BCUT2D eigenvalue weighted by Crippen LogP contribution is -2.18. The SMILES string of the molecule is CCCC(C)(Br)O[SH](=O)=O. The number of hydrogen-bond acceptors (Lipinski definition) is 3. The largest absolute Gasteiger partial charge is 0.258 e. The van der Waals surface area contributed by atoms with E-state index in [0.717, 1.165) is 6.42 Å². The molecular weight excluding hydrogens is 220 g/mol. The molecule has 0 bridgehead atoms. The molecule has 0 aromatic heterocycles. The third-order valence-corrected chi connectivity index (χ3v) is 2.32. The Labute approximate surface area is 71.0 Å². The molecule has 0 aromatic rings. The number of halogens is 1. The average molecular weight is 231 g/mol. The Morgan fingerprint density at radius 2 is 2.10 bits per heavy atom. The van der Waals surface area contributed by atoms with E-state index in [1.54, 1.807) is 6.92 Å². The van der Waals surface area contributed by atoms with Crippen LogP contribution in [0.2, 0.25) is 0 Å². The van der Waals surface area contributed by atoms with Gasteiger partial charge in [0.25, 0.3) is 11.0 Å². The van der Waals surface area contributed by atoms with Gasteiger partial charge in [-0.3, -0.25) is 4.18 Å². The van der Waals surface area contributed by atoms with Crippen LogP contribution in [0.3, 0.4) is 0 Å². The first kappa shape index (κ1) is 10.4. The number of thiol groups is 1. The molecule has 0 saturated carbocycles. The first-order valence-electron chi connectivity index (χ1n) is 3.00. The molecule has 1 atom stereocenters.